The van der Waals surface area contributed by atoms with Crippen molar-refractivity contribution in [1.29, 1.82) is 0 Å². The molecule has 1 heterocycles. The second kappa shape index (κ2) is 6.46. The first kappa shape index (κ1) is 16.8. The molecular weight excluding hydrogens is 298 g/mol. The number of carbonyl (C=O) groups excluding carboxylic acids is 1. The third kappa shape index (κ3) is 3.55. The lowest BCUT2D eigenvalue weighted by atomic mass is 9.90. The molecule has 0 unspecified atom stereocenters. The Bertz CT molecular complexity index is 732. The molecule has 0 aliphatic carbocycles. The standard InChI is InChI=1S/C21H27NO2/c1-15(17-12-11-16-8-5-6-9-18(16)14-17)19-10-7-13-22(19)20(23)24-21(2,3)4/h5-6,8-9,11-12,14-15,19H,7,10,13H2,1-4H3/t15-,19+/m0/s1. The van der Waals surface area contributed by atoms with E-state index in [4.69, 9.17) is 4.74 Å². The number of rotatable bonds is 2. The zero-order chi connectivity index (χ0) is 17.3. The Kier molecular flexibility index (Phi) is 4.53. The van der Waals surface area contributed by atoms with Crippen LogP contribution in [-0.4, -0.2) is 29.2 Å². The number of nitrogens with zero attached hydrogens (tertiary/aromatic N) is 1. The fourth-order valence-corrected chi connectivity index (χ4v) is 3.57. The monoisotopic (exact) mass is 325 g/mol. The van der Waals surface area contributed by atoms with Gasteiger partial charge in [-0.3, -0.25) is 0 Å². The van der Waals surface area contributed by atoms with Gasteiger partial charge in [0.25, 0.3) is 0 Å². The minimum absolute atomic E-state index is 0.183. The molecule has 0 saturated carbocycles. The second-order valence-corrected chi connectivity index (χ2v) is 7.78. The highest BCUT2D eigenvalue weighted by Gasteiger charge is 2.35. The summed E-state index contributed by atoms with van der Waals surface area (Å²) in [4.78, 5) is 14.4. The van der Waals surface area contributed by atoms with Crippen LogP contribution in [0, 0.1) is 0 Å². The molecule has 1 fully saturated rings. The molecule has 128 valence electrons. The van der Waals surface area contributed by atoms with Gasteiger partial charge in [0.1, 0.15) is 5.60 Å². The van der Waals surface area contributed by atoms with Crippen LogP contribution in [0.2, 0.25) is 0 Å². The first-order valence-corrected chi connectivity index (χ1v) is 8.83. The minimum Gasteiger partial charge on any atom is -0.444 e. The molecule has 24 heavy (non-hydrogen) atoms. The summed E-state index contributed by atoms with van der Waals surface area (Å²) in [5.74, 6) is 0.296. The number of fused-ring (bicyclic) bond motifs is 1. The Hall–Kier alpha value is -2.03. The van der Waals surface area contributed by atoms with Crippen molar-refractivity contribution in [3.63, 3.8) is 0 Å². The molecule has 0 bridgehead atoms. The van der Waals surface area contributed by atoms with E-state index < -0.39 is 5.60 Å². The fraction of sp³-hybridized carbons (Fsp3) is 0.476. The Labute approximate surface area is 144 Å². The van der Waals surface area contributed by atoms with Crippen molar-refractivity contribution in [2.75, 3.05) is 6.54 Å². The summed E-state index contributed by atoms with van der Waals surface area (Å²) in [6, 6.07) is 15.2. The number of hydrogen-bond donors (Lipinski definition) is 0. The SMILES string of the molecule is C[C@@H](c1ccc2ccccc2c1)[C@H]1CCCN1C(=O)OC(C)(C)C. The van der Waals surface area contributed by atoms with Crippen LogP contribution < -0.4 is 0 Å². The van der Waals surface area contributed by atoms with Crippen molar-refractivity contribution < 1.29 is 9.53 Å². The normalized spacial score (nSPS) is 19.5. The van der Waals surface area contributed by atoms with Gasteiger partial charge in [-0.2, -0.15) is 0 Å². The summed E-state index contributed by atoms with van der Waals surface area (Å²) in [5.41, 5.74) is 0.838. The maximum absolute atomic E-state index is 12.5. The van der Waals surface area contributed by atoms with Crippen LogP contribution >= 0.6 is 0 Å². The summed E-state index contributed by atoms with van der Waals surface area (Å²) in [6.45, 7) is 8.77. The molecule has 1 amide bonds. The molecule has 0 radical (unpaired) electrons. The largest absolute Gasteiger partial charge is 0.444 e. The Morgan fingerprint density at radius 2 is 1.88 bits per heavy atom. The van der Waals surface area contributed by atoms with E-state index in [1.807, 2.05) is 25.7 Å². The van der Waals surface area contributed by atoms with Crippen molar-refractivity contribution >= 4 is 16.9 Å². The molecule has 1 saturated heterocycles. The van der Waals surface area contributed by atoms with Crippen LogP contribution in [0.4, 0.5) is 4.79 Å². The quantitative estimate of drug-likeness (QED) is 0.745. The predicted molar refractivity (Wildman–Crippen MR) is 98.3 cm³/mol. The van der Waals surface area contributed by atoms with Crippen molar-refractivity contribution in [2.45, 2.75) is 58.1 Å². The van der Waals surface area contributed by atoms with Gasteiger partial charge in [-0.15, -0.1) is 0 Å². The zero-order valence-electron chi connectivity index (χ0n) is 15.1. The molecule has 0 N–H and O–H groups in total. The van der Waals surface area contributed by atoms with Crippen molar-refractivity contribution in [3.05, 3.63) is 48.0 Å². The van der Waals surface area contributed by atoms with E-state index in [0.29, 0.717) is 5.92 Å². The minimum atomic E-state index is -0.448. The van der Waals surface area contributed by atoms with E-state index in [1.54, 1.807) is 0 Å². The van der Waals surface area contributed by atoms with Crippen LogP contribution in [0.5, 0.6) is 0 Å². The van der Waals surface area contributed by atoms with Gasteiger partial charge in [0.05, 0.1) is 0 Å². The average molecular weight is 325 g/mol. The van der Waals surface area contributed by atoms with Gasteiger partial charge >= 0.3 is 6.09 Å². The van der Waals surface area contributed by atoms with E-state index in [9.17, 15) is 4.79 Å². The second-order valence-electron chi connectivity index (χ2n) is 7.78. The lowest BCUT2D eigenvalue weighted by molar-refractivity contribution is 0.0209. The summed E-state index contributed by atoms with van der Waals surface area (Å²) in [5, 5.41) is 2.51. The Morgan fingerprint density at radius 1 is 1.17 bits per heavy atom. The van der Waals surface area contributed by atoms with Crippen LogP contribution in [0.15, 0.2) is 42.5 Å². The molecule has 2 aromatic carbocycles. The van der Waals surface area contributed by atoms with E-state index in [0.717, 1.165) is 19.4 Å². The van der Waals surface area contributed by atoms with Crippen molar-refractivity contribution in [3.8, 4) is 0 Å². The molecule has 2 aromatic rings. The summed E-state index contributed by atoms with van der Waals surface area (Å²) in [7, 11) is 0. The molecule has 0 spiro atoms. The van der Waals surface area contributed by atoms with Gasteiger partial charge in [-0.05, 0) is 49.9 Å². The van der Waals surface area contributed by atoms with Crippen molar-refractivity contribution in [2.24, 2.45) is 0 Å². The van der Waals surface area contributed by atoms with Gasteiger partial charge in [-0.1, -0.05) is 49.4 Å². The van der Waals surface area contributed by atoms with Gasteiger partial charge in [0, 0.05) is 18.5 Å². The molecule has 1 aliphatic rings. The maximum Gasteiger partial charge on any atom is 0.410 e. The van der Waals surface area contributed by atoms with Gasteiger partial charge in [0.2, 0.25) is 0 Å². The first-order chi connectivity index (χ1) is 11.3. The van der Waals surface area contributed by atoms with Crippen molar-refractivity contribution in [1.82, 2.24) is 4.90 Å². The molecule has 2 atom stereocenters. The smallest absolute Gasteiger partial charge is 0.410 e. The molecular formula is C21H27NO2. The number of hydrogen-bond acceptors (Lipinski definition) is 2. The number of ether oxygens (including phenoxy) is 1. The molecule has 3 heteroatoms. The predicted octanol–water partition coefficient (Wildman–Crippen LogP) is 5.34. The molecule has 0 aromatic heterocycles. The third-order valence-corrected chi connectivity index (χ3v) is 4.80. The molecule has 1 aliphatic heterocycles. The number of carbonyl (C=O) groups is 1. The zero-order valence-corrected chi connectivity index (χ0v) is 15.1. The Morgan fingerprint density at radius 3 is 2.58 bits per heavy atom. The fourth-order valence-electron chi connectivity index (χ4n) is 3.57. The lowest BCUT2D eigenvalue weighted by Gasteiger charge is -2.32. The van der Waals surface area contributed by atoms with Gasteiger partial charge in [0.15, 0.2) is 0 Å². The highest BCUT2D eigenvalue weighted by atomic mass is 16.6. The summed E-state index contributed by atoms with van der Waals surface area (Å²) < 4.78 is 5.60. The third-order valence-electron chi connectivity index (χ3n) is 4.80. The number of amides is 1. The van der Waals surface area contributed by atoms with E-state index in [1.165, 1.54) is 16.3 Å². The van der Waals surface area contributed by atoms with Gasteiger partial charge in [-0.25, -0.2) is 4.79 Å². The lowest BCUT2D eigenvalue weighted by Crippen LogP contribution is -2.41. The van der Waals surface area contributed by atoms with E-state index in [-0.39, 0.29) is 12.1 Å². The summed E-state index contributed by atoms with van der Waals surface area (Å²) >= 11 is 0. The maximum atomic E-state index is 12.5. The van der Waals surface area contributed by atoms with E-state index >= 15 is 0 Å². The molecule has 3 nitrogen and oxygen atoms in total. The number of benzene rings is 2. The summed E-state index contributed by atoms with van der Waals surface area (Å²) in [6.07, 6.45) is 1.90. The van der Waals surface area contributed by atoms with Crippen LogP contribution in [0.25, 0.3) is 10.8 Å². The van der Waals surface area contributed by atoms with Gasteiger partial charge < -0.3 is 9.64 Å². The topological polar surface area (TPSA) is 29.5 Å². The van der Waals surface area contributed by atoms with Crippen LogP contribution in [0.3, 0.4) is 0 Å². The van der Waals surface area contributed by atoms with Crippen LogP contribution in [-0.2, 0) is 4.74 Å². The molecule has 3 rings (SSSR count). The van der Waals surface area contributed by atoms with E-state index in [2.05, 4.69) is 49.4 Å². The number of likely N-dealkylation sites (tertiary alicyclic amines) is 1. The Balaban J connectivity index is 1.81. The highest BCUT2D eigenvalue weighted by Crippen LogP contribution is 2.33. The highest BCUT2D eigenvalue weighted by molar-refractivity contribution is 5.83. The first-order valence-electron chi connectivity index (χ1n) is 8.83. The van der Waals surface area contributed by atoms with Crippen LogP contribution in [0.1, 0.15) is 52.0 Å². The average Bonchev–Trinajstić information content (AvgIpc) is 3.02.